The zero-order valence-corrected chi connectivity index (χ0v) is 27.0. The molecule has 3 heteroatoms. The quantitative estimate of drug-likeness (QED) is 0.398. The van der Waals surface area contributed by atoms with Gasteiger partial charge in [-0.15, -0.1) is 0 Å². The lowest BCUT2D eigenvalue weighted by Gasteiger charge is -1.76. The Balaban J connectivity index is -0.0000000267. The summed E-state index contributed by atoms with van der Waals surface area (Å²) in [6, 6.07) is 0. The molecule has 32 heavy (non-hydrogen) atoms. The lowest BCUT2D eigenvalue weighted by Crippen LogP contribution is -1.73. The van der Waals surface area contributed by atoms with E-state index in [1.165, 1.54) is 57.8 Å². The zero-order chi connectivity index (χ0) is 27.9. The van der Waals surface area contributed by atoms with Crippen LogP contribution in [0.5, 0.6) is 0 Å². The number of rotatable bonds is 5. The van der Waals surface area contributed by atoms with Gasteiger partial charge in [-0.1, -0.05) is 141 Å². The summed E-state index contributed by atoms with van der Waals surface area (Å²) in [4.78, 5) is 0. The second-order valence-electron chi connectivity index (χ2n) is 6.68. The Morgan fingerprint density at radius 2 is 0.375 bits per heavy atom. The van der Waals surface area contributed by atoms with Crippen molar-refractivity contribution in [1.29, 1.82) is 0 Å². The van der Waals surface area contributed by atoms with Crippen LogP contribution in [-0.2, 0) is 14.2 Å². The molecule has 0 rings (SSSR count). The van der Waals surface area contributed by atoms with Crippen LogP contribution in [-0.4, -0.2) is 41.7 Å². The summed E-state index contributed by atoms with van der Waals surface area (Å²) in [5.41, 5.74) is 0. The first-order valence-electron chi connectivity index (χ1n) is 13.6. The summed E-state index contributed by atoms with van der Waals surface area (Å²) < 4.78 is 13.3. The van der Waals surface area contributed by atoms with E-state index in [1.807, 2.05) is 13.8 Å². The van der Waals surface area contributed by atoms with Gasteiger partial charge in [0.25, 0.3) is 0 Å². The molecule has 210 valence electrons. The molecule has 0 amide bonds. The summed E-state index contributed by atoms with van der Waals surface area (Å²) in [5, 5.41) is 0. The van der Waals surface area contributed by atoms with E-state index in [9.17, 15) is 0 Å². The first-order chi connectivity index (χ1) is 15.2. The van der Waals surface area contributed by atoms with Crippen LogP contribution in [0.1, 0.15) is 155 Å². The molecule has 0 N–H and O–H groups in total. The van der Waals surface area contributed by atoms with Crippen molar-refractivity contribution >= 4 is 0 Å². The molecule has 0 radical (unpaired) electrons. The van der Waals surface area contributed by atoms with Gasteiger partial charge in [0, 0.05) is 41.7 Å². The molecular weight excluding hydrogens is 396 g/mol. The summed E-state index contributed by atoms with van der Waals surface area (Å²) in [5.74, 6) is 0. The van der Waals surface area contributed by atoms with Gasteiger partial charge in [-0.3, -0.25) is 0 Å². The van der Waals surface area contributed by atoms with Gasteiger partial charge in [-0.2, -0.15) is 0 Å². The summed E-state index contributed by atoms with van der Waals surface area (Å²) in [6.45, 7) is 31.4. The average molecular weight is 473 g/mol. The Hall–Kier alpha value is -0.120. The standard InChI is InChI=1S/3C4H10.2C3H8O.3C3H8.C2H6O/c5*1-3-4-2;4*1-3-2/h3*3-4H2,1-2H3;2*3H2,1-2H3;3*3H2,1-2H3;1-2H3. The largest absolute Gasteiger partial charge is 0.388 e. The normalized spacial score (nSPS) is 6.94. The van der Waals surface area contributed by atoms with E-state index in [-0.39, 0.29) is 0 Å². The maximum atomic E-state index is 4.54. The molecule has 0 bridgehead atoms. The molecule has 0 aliphatic rings. The van der Waals surface area contributed by atoms with Crippen LogP contribution in [0, 0.1) is 0 Å². The molecule has 0 unspecified atom stereocenters. The van der Waals surface area contributed by atoms with Crippen molar-refractivity contribution in [3.05, 3.63) is 0 Å². The number of methoxy groups -OCH3 is 3. The SMILES string of the molecule is CCC.CCC.CCC.CCCC.CCCC.CCCC.CCOC.CCOC.COC. The molecule has 0 aliphatic carbocycles. The molecule has 0 aromatic heterocycles. The van der Waals surface area contributed by atoms with Gasteiger partial charge < -0.3 is 14.2 Å². The van der Waals surface area contributed by atoms with Crippen molar-refractivity contribution in [3.8, 4) is 0 Å². The number of unbranched alkanes of at least 4 members (excludes halogenated alkanes) is 3. The smallest absolute Gasteiger partial charge is 0.0433 e. The van der Waals surface area contributed by atoms with Crippen LogP contribution in [0.2, 0.25) is 0 Å². The van der Waals surface area contributed by atoms with Crippen molar-refractivity contribution in [1.82, 2.24) is 0 Å². The molecule has 0 atom stereocenters. The Kier molecular flexibility index (Phi) is 260. The lowest BCUT2D eigenvalue weighted by molar-refractivity contribution is 0.215. The Morgan fingerprint density at radius 1 is 0.312 bits per heavy atom. The maximum absolute atomic E-state index is 4.54. The average Bonchev–Trinajstić information content (AvgIpc) is 2.81. The molecule has 0 saturated heterocycles. The predicted molar refractivity (Wildman–Crippen MR) is 158 cm³/mol. The third-order valence-corrected chi connectivity index (χ3v) is 2.08. The fraction of sp³-hybridized carbons (Fsp3) is 1.00. The minimum Gasteiger partial charge on any atom is -0.388 e. The second-order valence-corrected chi connectivity index (χ2v) is 6.68. The van der Waals surface area contributed by atoms with Crippen LogP contribution >= 0.6 is 0 Å². The van der Waals surface area contributed by atoms with Crippen LogP contribution in [0.15, 0.2) is 0 Å². The van der Waals surface area contributed by atoms with Gasteiger partial charge in [0.05, 0.1) is 0 Å². The van der Waals surface area contributed by atoms with Crippen molar-refractivity contribution in [3.63, 3.8) is 0 Å². The van der Waals surface area contributed by atoms with E-state index in [1.54, 1.807) is 28.4 Å². The van der Waals surface area contributed by atoms with Crippen LogP contribution in [0.25, 0.3) is 0 Å². The van der Waals surface area contributed by atoms with E-state index < -0.39 is 0 Å². The van der Waals surface area contributed by atoms with Gasteiger partial charge in [0.1, 0.15) is 0 Å². The maximum Gasteiger partial charge on any atom is 0.0433 e. The fourth-order valence-corrected chi connectivity index (χ4v) is 0. The lowest BCUT2D eigenvalue weighted by atomic mass is 10.4. The molecule has 0 aliphatic heterocycles. The molecule has 0 saturated carbocycles. The van der Waals surface area contributed by atoms with E-state index in [4.69, 9.17) is 0 Å². The van der Waals surface area contributed by atoms with Gasteiger partial charge in [0.2, 0.25) is 0 Å². The highest BCUT2D eigenvalue weighted by Crippen LogP contribution is 1.77. The summed E-state index contributed by atoms with van der Waals surface area (Å²) >= 11 is 0. The zero-order valence-electron chi connectivity index (χ0n) is 27.0. The van der Waals surface area contributed by atoms with E-state index in [2.05, 4.69) is 97.3 Å². The van der Waals surface area contributed by atoms with Gasteiger partial charge in [-0.05, 0) is 13.8 Å². The van der Waals surface area contributed by atoms with Gasteiger partial charge in [-0.25, -0.2) is 0 Å². The number of hydrogen-bond donors (Lipinski definition) is 0. The highest BCUT2D eigenvalue weighted by molar-refractivity contribution is 4.13. The third kappa shape index (κ3) is 1050. The third-order valence-electron chi connectivity index (χ3n) is 2.08. The van der Waals surface area contributed by atoms with Crippen LogP contribution in [0.4, 0.5) is 0 Å². The van der Waals surface area contributed by atoms with Crippen molar-refractivity contribution in [2.45, 2.75) is 155 Å². The van der Waals surface area contributed by atoms with Gasteiger partial charge >= 0.3 is 0 Å². The number of hydrogen-bond acceptors (Lipinski definition) is 3. The Labute approximate surface area is 210 Å². The first kappa shape index (κ1) is 58.1. The Morgan fingerprint density at radius 3 is 0.375 bits per heavy atom. The highest BCUT2D eigenvalue weighted by Gasteiger charge is 1.57. The van der Waals surface area contributed by atoms with Crippen molar-refractivity contribution < 1.29 is 14.2 Å². The van der Waals surface area contributed by atoms with Gasteiger partial charge in [0.15, 0.2) is 0 Å². The molecule has 0 fully saturated rings. The molecule has 0 spiro atoms. The fourth-order valence-electron chi connectivity index (χ4n) is 0. The van der Waals surface area contributed by atoms with E-state index >= 15 is 0 Å². The second kappa shape index (κ2) is 143. The van der Waals surface area contributed by atoms with Crippen LogP contribution < -0.4 is 0 Å². The molecule has 3 nitrogen and oxygen atoms in total. The van der Waals surface area contributed by atoms with E-state index in [0.717, 1.165) is 13.2 Å². The monoisotopic (exact) mass is 473 g/mol. The summed E-state index contributed by atoms with van der Waals surface area (Å²) in [7, 11) is 6.61. The number of ether oxygens (including phenoxy) is 3. The predicted octanol–water partition coefficient (Wildman–Crippen LogP) is 11.2. The minimum absolute atomic E-state index is 0.819. The topological polar surface area (TPSA) is 27.7 Å². The molecular formula is C29H76O3. The molecule has 0 aromatic rings. The molecule has 0 aromatic carbocycles. The van der Waals surface area contributed by atoms with E-state index in [0.29, 0.717) is 0 Å². The summed E-state index contributed by atoms with van der Waals surface area (Å²) in [6.07, 6.45) is 11.7. The molecule has 0 heterocycles. The van der Waals surface area contributed by atoms with Crippen LogP contribution in [0.3, 0.4) is 0 Å². The van der Waals surface area contributed by atoms with Crippen molar-refractivity contribution in [2.24, 2.45) is 0 Å². The Bertz CT molecular complexity index is 79.8. The highest BCUT2D eigenvalue weighted by atomic mass is 16.5. The minimum atomic E-state index is 0.819. The van der Waals surface area contributed by atoms with Crippen molar-refractivity contribution in [2.75, 3.05) is 41.7 Å². The first-order valence-corrected chi connectivity index (χ1v) is 13.6.